The normalized spacial score (nSPS) is 12.2. The van der Waals surface area contributed by atoms with Crippen molar-refractivity contribution in [1.82, 2.24) is 9.47 Å². The van der Waals surface area contributed by atoms with E-state index in [2.05, 4.69) is 9.47 Å². The van der Waals surface area contributed by atoms with Crippen molar-refractivity contribution < 1.29 is 19.0 Å². The van der Waals surface area contributed by atoms with Gasteiger partial charge in [-0.15, -0.1) is 0 Å². The van der Waals surface area contributed by atoms with Crippen molar-refractivity contribution in [3.05, 3.63) is 53.7 Å². The first-order valence-electron chi connectivity index (χ1n) is 10.1. The number of esters is 1. The van der Waals surface area contributed by atoms with Crippen molar-refractivity contribution in [2.24, 2.45) is 0 Å². The maximum absolute atomic E-state index is 12.8. The van der Waals surface area contributed by atoms with Crippen LogP contribution in [0.5, 0.6) is 11.5 Å². The quantitative estimate of drug-likeness (QED) is 0.514. The van der Waals surface area contributed by atoms with E-state index in [1.807, 2.05) is 77.3 Å². The highest BCUT2D eigenvalue weighted by Crippen LogP contribution is 2.33. The Kier molecular flexibility index (Phi) is 6.67. The van der Waals surface area contributed by atoms with Crippen molar-refractivity contribution >= 4 is 16.9 Å². The minimum Gasteiger partial charge on any atom is -0.497 e. The van der Waals surface area contributed by atoms with Crippen LogP contribution in [-0.4, -0.2) is 55.9 Å². The van der Waals surface area contributed by atoms with E-state index in [4.69, 9.17) is 14.2 Å². The highest BCUT2D eigenvalue weighted by atomic mass is 16.5. The lowest BCUT2D eigenvalue weighted by molar-refractivity contribution is 0.0527. The molecule has 0 aliphatic heterocycles. The summed E-state index contributed by atoms with van der Waals surface area (Å²) in [6, 6.07) is 13.6. The van der Waals surface area contributed by atoms with Crippen LogP contribution in [0.25, 0.3) is 16.6 Å². The Labute approximate surface area is 178 Å². The minimum absolute atomic E-state index is 0.0215. The third-order valence-electron chi connectivity index (χ3n) is 4.95. The highest BCUT2D eigenvalue weighted by Gasteiger charge is 2.22. The largest absolute Gasteiger partial charge is 0.497 e. The maximum Gasteiger partial charge on any atom is 0.340 e. The molecule has 0 saturated heterocycles. The molecule has 0 spiro atoms. The zero-order chi connectivity index (χ0) is 21.8. The second kappa shape index (κ2) is 9.22. The molecule has 0 amide bonds. The molecule has 3 aromatic rings. The zero-order valence-corrected chi connectivity index (χ0v) is 18.6. The van der Waals surface area contributed by atoms with E-state index in [9.17, 15) is 4.79 Å². The topological polar surface area (TPSA) is 52.9 Å². The number of rotatable bonds is 8. The van der Waals surface area contributed by atoms with E-state index in [0.29, 0.717) is 12.2 Å². The summed E-state index contributed by atoms with van der Waals surface area (Å²) in [5, 5.41) is 0.816. The Balaban J connectivity index is 2.12. The Morgan fingerprint density at radius 3 is 2.37 bits per heavy atom. The molecule has 1 aromatic heterocycles. The fourth-order valence-corrected chi connectivity index (χ4v) is 3.78. The molecule has 0 N–H and O–H groups in total. The predicted octanol–water partition coefficient (Wildman–Crippen LogP) is 4.45. The number of hydrogen-bond donors (Lipinski definition) is 0. The number of aromatic nitrogens is 1. The standard InChI is InChI=1S/C24H30N2O4/c1-7-29-24(27)23-17(3)26(18-8-10-19(28-6)11-9-18)22-13-12-20(14-21(22)23)30-16(2)15-25(4)5/h8-14,16H,7,15H2,1-6H3. The lowest BCUT2D eigenvalue weighted by Crippen LogP contribution is -2.27. The molecule has 2 aromatic carbocycles. The zero-order valence-electron chi connectivity index (χ0n) is 18.6. The van der Waals surface area contributed by atoms with Crippen molar-refractivity contribution in [2.75, 3.05) is 34.4 Å². The van der Waals surface area contributed by atoms with Crippen molar-refractivity contribution in [3.63, 3.8) is 0 Å². The van der Waals surface area contributed by atoms with E-state index in [1.54, 1.807) is 7.11 Å². The summed E-state index contributed by atoms with van der Waals surface area (Å²) in [7, 11) is 5.67. The summed E-state index contributed by atoms with van der Waals surface area (Å²) in [5.41, 5.74) is 3.26. The lowest BCUT2D eigenvalue weighted by atomic mass is 10.1. The van der Waals surface area contributed by atoms with Crippen LogP contribution in [0.15, 0.2) is 42.5 Å². The third-order valence-corrected chi connectivity index (χ3v) is 4.95. The van der Waals surface area contributed by atoms with E-state index >= 15 is 0 Å². The molecule has 0 aliphatic carbocycles. The van der Waals surface area contributed by atoms with Crippen LogP contribution in [-0.2, 0) is 4.74 Å². The lowest BCUT2D eigenvalue weighted by Gasteiger charge is -2.19. The first-order valence-corrected chi connectivity index (χ1v) is 10.1. The monoisotopic (exact) mass is 410 g/mol. The number of carbonyl (C=O) groups excluding carboxylic acids is 1. The number of benzene rings is 2. The number of likely N-dealkylation sites (N-methyl/N-ethyl adjacent to an activating group) is 1. The second-order valence-electron chi connectivity index (χ2n) is 7.58. The van der Waals surface area contributed by atoms with Gasteiger partial charge in [0.25, 0.3) is 0 Å². The summed E-state index contributed by atoms with van der Waals surface area (Å²) < 4.78 is 18.8. The molecule has 0 fully saturated rings. The molecule has 160 valence electrons. The van der Waals surface area contributed by atoms with Crippen LogP contribution in [0.1, 0.15) is 29.9 Å². The third kappa shape index (κ3) is 4.44. The Morgan fingerprint density at radius 1 is 1.10 bits per heavy atom. The predicted molar refractivity (Wildman–Crippen MR) is 119 cm³/mol. The number of fused-ring (bicyclic) bond motifs is 1. The van der Waals surface area contributed by atoms with Crippen molar-refractivity contribution in [1.29, 1.82) is 0 Å². The van der Waals surface area contributed by atoms with Gasteiger partial charge in [-0.2, -0.15) is 0 Å². The fourth-order valence-electron chi connectivity index (χ4n) is 3.78. The highest BCUT2D eigenvalue weighted by molar-refractivity contribution is 6.07. The number of carbonyl (C=O) groups is 1. The number of methoxy groups -OCH3 is 1. The molecule has 30 heavy (non-hydrogen) atoms. The van der Waals surface area contributed by atoms with Gasteiger partial charge in [0.2, 0.25) is 0 Å². The number of nitrogens with zero attached hydrogens (tertiary/aromatic N) is 2. The van der Waals surface area contributed by atoms with Gasteiger partial charge in [0.1, 0.15) is 17.6 Å². The number of hydrogen-bond acceptors (Lipinski definition) is 5. The van der Waals surface area contributed by atoms with Gasteiger partial charge in [-0.05, 0) is 77.3 Å². The summed E-state index contributed by atoms with van der Waals surface area (Å²) in [6.45, 7) is 6.90. The SMILES string of the molecule is CCOC(=O)c1c(C)n(-c2ccc(OC)cc2)c2ccc(OC(C)CN(C)C)cc12. The van der Waals surface area contributed by atoms with Gasteiger partial charge in [-0.1, -0.05) is 0 Å². The van der Waals surface area contributed by atoms with Gasteiger partial charge < -0.3 is 23.7 Å². The van der Waals surface area contributed by atoms with E-state index in [0.717, 1.165) is 40.3 Å². The first kappa shape index (κ1) is 21.7. The van der Waals surface area contributed by atoms with Crippen molar-refractivity contribution in [2.45, 2.75) is 26.9 Å². The minimum atomic E-state index is -0.328. The second-order valence-corrected chi connectivity index (χ2v) is 7.58. The van der Waals surface area contributed by atoms with Crippen LogP contribution < -0.4 is 9.47 Å². The van der Waals surface area contributed by atoms with E-state index in [-0.39, 0.29) is 12.1 Å². The molecule has 0 radical (unpaired) electrons. The van der Waals surface area contributed by atoms with E-state index in [1.165, 1.54) is 0 Å². The molecule has 3 rings (SSSR count). The summed E-state index contributed by atoms with van der Waals surface area (Å²) in [6.07, 6.45) is 0.0215. The van der Waals surface area contributed by atoms with Gasteiger partial charge in [0.15, 0.2) is 0 Å². The average molecular weight is 411 g/mol. The Bertz CT molecular complexity index is 1020. The summed E-state index contributed by atoms with van der Waals surface area (Å²) in [4.78, 5) is 14.9. The Hall–Kier alpha value is -2.99. The molecule has 0 aliphatic rings. The first-order chi connectivity index (χ1) is 14.3. The van der Waals surface area contributed by atoms with Crippen LogP contribution in [0.3, 0.4) is 0 Å². The van der Waals surface area contributed by atoms with Gasteiger partial charge in [-0.3, -0.25) is 0 Å². The summed E-state index contributed by atoms with van der Waals surface area (Å²) >= 11 is 0. The smallest absolute Gasteiger partial charge is 0.340 e. The molecule has 1 heterocycles. The van der Waals surface area contributed by atoms with Crippen LogP contribution in [0.2, 0.25) is 0 Å². The molecule has 1 unspecified atom stereocenters. The van der Waals surface area contributed by atoms with Crippen LogP contribution in [0, 0.1) is 6.92 Å². The van der Waals surface area contributed by atoms with E-state index < -0.39 is 0 Å². The molecule has 0 saturated carbocycles. The summed E-state index contributed by atoms with van der Waals surface area (Å²) in [5.74, 6) is 1.18. The molecule has 6 heteroatoms. The molecule has 0 bridgehead atoms. The molecular formula is C24H30N2O4. The average Bonchev–Trinajstić information content (AvgIpc) is 2.98. The Morgan fingerprint density at radius 2 is 1.77 bits per heavy atom. The molecule has 1 atom stereocenters. The van der Waals surface area contributed by atoms with Gasteiger partial charge in [0, 0.05) is 23.3 Å². The maximum atomic E-state index is 12.8. The number of ether oxygens (including phenoxy) is 3. The molecule has 6 nitrogen and oxygen atoms in total. The fraction of sp³-hybridized carbons (Fsp3) is 0.375. The molecular weight excluding hydrogens is 380 g/mol. The van der Waals surface area contributed by atoms with Crippen molar-refractivity contribution in [3.8, 4) is 17.2 Å². The van der Waals surface area contributed by atoms with Crippen LogP contribution in [0.4, 0.5) is 0 Å². The van der Waals surface area contributed by atoms with Crippen LogP contribution >= 0.6 is 0 Å². The van der Waals surface area contributed by atoms with Gasteiger partial charge >= 0.3 is 5.97 Å². The van der Waals surface area contributed by atoms with Gasteiger partial charge in [-0.25, -0.2) is 4.79 Å². The van der Waals surface area contributed by atoms with Gasteiger partial charge in [0.05, 0.1) is 24.8 Å².